The average Bonchev–Trinajstić information content (AvgIpc) is 3.17. The first-order valence-corrected chi connectivity index (χ1v) is 11.4. The van der Waals surface area contributed by atoms with Gasteiger partial charge in [-0.1, -0.05) is 12.1 Å². The number of benzene rings is 2. The Bertz CT molecular complexity index is 981. The highest BCUT2D eigenvalue weighted by molar-refractivity contribution is 7.90. The molecule has 1 fully saturated rings. The predicted molar refractivity (Wildman–Crippen MR) is 118 cm³/mol. The van der Waals surface area contributed by atoms with E-state index in [-0.39, 0.29) is 10.8 Å². The van der Waals surface area contributed by atoms with Gasteiger partial charge in [0, 0.05) is 42.8 Å². The molecule has 6 nitrogen and oxygen atoms in total. The highest BCUT2D eigenvalue weighted by Gasteiger charge is 2.23. The van der Waals surface area contributed by atoms with Crippen molar-refractivity contribution < 1.29 is 13.2 Å². The molecule has 1 heterocycles. The third-order valence-corrected chi connectivity index (χ3v) is 6.26. The number of hydrogen-bond donors (Lipinski definition) is 1. The van der Waals surface area contributed by atoms with Gasteiger partial charge in [-0.15, -0.1) is 0 Å². The summed E-state index contributed by atoms with van der Waals surface area (Å²) in [6.07, 6.45) is 5.41. The standard InChI is InChI=1S/C22H27N3O3S/c1-24(2)20-14-15-25(16-20)19-9-7-18(8-10-19)23-22(26)13-6-17-4-11-21(12-5-17)29(3,27)28/h4-13,20H,14-16H2,1-3H3,(H,23,26). The highest BCUT2D eigenvalue weighted by atomic mass is 32.2. The number of sulfone groups is 1. The van der Waals surface area contributed by atoms with Crippen molar-refractivity contribution in [3.63, 3.8) is 0 Å². The van der Waals surface area contributed by atoms with Gasteiger partial charge in [-0.3, -0.25) is 4.79 Å². The Morgan fingerprint density at radius 2 is 1.76 bits per heavy atom. The van der Waals surface area contributed by atoms with Gasteiger partial charge in [-0.2, -0.15) is 0 Å². The molecule has 0 radical (unpaired) electrons. The summed E-state index contributed by atoms with van der Waals surface area (Å²) < 4.78 is 23.0. The monoisotopic (exact) mass is 413 g/mol. The summed E-state index contributed by atoms with van der Waals surface area (Å²) in [4.78, 5) is 17.0. The lowest BCUT2D eigenvalue weighted by atomic mass is 10.2. The maximum absolute atomic E-state index is 12.2. The molecule has 1 atom stereocenters. The van der Waals surface area contributed by atoms with Crippen LogP contribution in [0.4, 0.5) is 11.4 Å². The van der Waals surface area contributed by atoms with Crippen LogP contribution in [0.15, 0.2) is 59.5 Å². The Morgan fingerprint density at radius 1 is 1.10 bits per heavy atom. The lowest BCUT2D eigenvalue weighted by Crippen LogP contribution is -2.31. The van der Waals surface area contributed by atoms with Crippen molar-refractivity contribution in [1.29, 1.82) is 0 Å². The van der Waals surface area contributed by atoms with E-state index >= 15 is 0 Å². The summed E-state index contributed by atoms with van der Waals surface area (Å²) >= 11 is 0. The maximum Gasteiger partial charge on any atom is 0.248 e. The van der Waals surface area contributed by atoms with Crippen LogP contribution in [0.5, 0.6) is 0 Å². The molecule has 7 heteroatoms. The van der Waals surface area contributed by atoms with Crippen molar-refractivity contribution in [1.82, 2.24) is 4.90 Å². The van der Waals surface area contributed by atoms with E-state index in [1.54, 1.807) is 18.2 Å². The van der Waals surface area contributed by atoms with E-state index in [0.29, 0.717) is 6.04 Å². The number of likely N-dealkylation sites (N-methyl/N-ethyl adjacent to an activating group) is 1. The fraction of sp³-hybridized carbons (Fsp3) is 0.318. The van der Waals surface area contributed by atoms with Crippen LogP contribution in [-0.4, -0.2) is 58.7 Å². The summed E-state index contributed by atoms with van der Waals surface area (Å²) in [5.74, 6) is -0.237. The van der Waals surface area contributed by atoms with Gasteiger partial charge in [-0.25, -0.2) is 8.42 Å². The normalized spacial score (nSPS) is 17.2. The molecule has 1 amide bonds. The van der Waals surface area contributed by atoms with E-state index in [1.807, 2.05) is 24.3 Å². The second kappa shape index (κ2) is 8.80. The first-order valence-electron chi connectivity index (χ1n) is 9.53. The quantitative estimate of drug-likeness (QED) is 0.738. The van der Waals surface area contributed by atoms with E-state index in [0.717, 1.165) is 36.4 Å². The number of nitrogens with zero attached hydrogens (tertiary/aromatic N) is 2. The van der Waals surface area contributed by atoms with Crippen LogP contribution in [0.3, 0.4) is 0 Å². The number of nitrogens with one attached hydrogen (secondary N) is 1. The van der Waals surface area contributed by atoms with Gasteiger partial charge in [0.2, 0.25) is 5.91 Å². The molecule has 1 saturated heterocycles. The van der Waals surface area contributed by atoms with E-state index < -0.39 is 9.84 Å². The summed E-state index contributed by atoms with van der Waals surface area (Å²) in [5.41, 5.74) is 2.65. The van der Waals surface area contributed by atoms with Gasteiger partial charge in [0.15, 0.2) is 9.84 Å². The molecule has 0 aromatic heterocycles. The van der Waals surface area contributed by atoms with Crippen molar-refractivity contribution in [2.45, 2.75) is 17.4 Å². The first-order chi connectivity index (χ1) is 13.7. The summed E-state index contributed by atoms with van der Waals surface area (Å²) in [5, 5.41) is 2.84. The Hall–Kier alpha value is -2.64. The molecule has 1 aliphatic heterocycles. The number of hydrogen-bond acceptors (Lipinski definition) is 5. The zero-order chi connectivity index (χ0) is 21.0. The second-order valence-corrected chi connectivity index (χ2v) is 9.58. The molecule has 1 N–H and O–H groups in total. The molecule has 154 valence electrons. The minimum absolute atomic E-state index is 0.237. The molecule has 3 rings (SSSR count). The number of amides is 1. The maximum atomic E-state index is 12.2. The molecule has 0 saturated carbocycles. The third-order valence-electron chi connectivity index (χ3n) is 5.13. The van der Waals surface area contributed by atoms with Crippen molar-refractivity contribution in [3.8, 4) is 0 Å². The Kier molecular flexibility index (Phi) is 6.39. The summed E-state index contributed by atoms with van der Waals surface area (Å²) in [6, 6.07) is 14.9. The molecule has 1 unspecified atom stereocenters. The van der Waals surface area contributed by atoms with Gasteiger partial charge >= 0.3 is 0 Å². The molecule has 0 spiro atoms. The van der Waals surface area contributed by atoms with Crippen molar-refractivity contribution in [2.24, 2.45) is 0 Å². The van der Waals surface area contributed by atoms with E-state index in [4.69, 9.17) is 0 Å². The van der Waals surface area contributed by atoms with Crippen LogP contribution < -0.4 is 10.2 Å². The van der Waals surface area contributed by atoms with E-state index in [9.17, 15) is 13.2 Å². The molecule has 0 aliphatic carbocycles. The fourth-order valence-electron chi connectivity index (χ4n) is 3.34. The zero-order valence-corrected chi connectivity index (χ0v) is 17.8. The predicted octanol–water partition coefficient (Wildman–Crippen LogP) is 2.88. The van der Waals surface area contributed by atoms with E-state index in [2.05, 4.69) is 29.2 Å². The Labute approximate surface area is 172 Å². The van der Waals surface area contributed by atoms with E-state index in [1.165, 1.54) is 24.5 Å². The topological polar surface area (TPSA) is 69.7 Å². The van der Waals surface area contributed by atoms with Gasteiger partial charge < -0.3 is 15.1 Å². The smallest absolute Gasteiger partial charge is 0.248 e. The lowest BCUT2D eigenvalue weighted by molar-refractivity contribution is -0.111. The lowest BCUT2D eigenvalue weighted by Gasteiger charge is -2.22. The minimum Gasteiger partial charge on any atom is -0.370 e. The van der Waals surface area contributed by atoms with Crippen molar-refractivity contribution >= 4 is 33.2 Å². The zero-order valence-electron chi connectivity index (χ0n) is 17.0. The van der Waals surface area contributed by atoms with Gasteiger partial charge in [-0.05, 0) is 68.6 Å². The third kappa shape index (κ3) is 5.68. The summed E-state index contributed by atoms with van der Waals surface area (Å²) in [7, 11) is 1.00. The Balaban J connectivity index is 1.56. The van der Waals surface area contributed by atoms with Crippen LogP contribution in [0.2, 0.25) is 0 Å². The molecule has 2 aromatic rings. The van der Waals surface area contributed by atoms with Crippen LogP contribution >= 0.6 is 0 Å². The highest BCUT2D eigenvalue weighted by Crippen LogP contribution is 2.23. The second-order valence-electron chi connectivity index (χ2n) is 7.56. The summed E-state index contributed by atoms with van der Waals surface area (Å²) in [6.45, 7) is 2.05. The molecular formula is C22H27N3O3S. The number of anilines is 2. The van der Waals surface area contributed by atoms with Gasteiger partial charge in [0.25, 0.3) is 0 Å². The first kappa shape index (κ1) is 21.1. The van der Waals surface area contributed by atoms with Crippen LogP contribution in [0, 0.1) is 0 Å². The number of rotatable bonds is 6. The van der Waals surface area contributed by atoms with Gasteiger partial charge in [0.1, 0.15) is 0 Å². The Morgan fingerprint density at radius 3 is 2.31 bits per heavy atom. The van der Waals surface area contributed by atoms with Crippen LogP contribution in [0.25, 0.3) is 6.08 Å². The number of carbonyl (C=O) groups excluding carboxylic acids is 1. The number of carbonyl (C=O) groups is 1. The average molecular weight is 414 g/mol. The van der Waals surface area contributed by atoms with Crippen LogP contribution in [-0.2, 0) is 14.6 Å². The molecule has 29 heavy (non-hydrogen) atoms. The van der Waals surface area contributed by atoms with Crippen molar-refractivity contribution in [3.05, 3.63) is 60.2 Å². The molecular weight excluding hydrogens is 386 g/mol. The van der Waals surface area contributed by atoms with Crippen molar-refractivity contribution in [2.75, 3.05) is 43.7 Å². The SMILES string of the molecule is CN(C)C1CCN(c2ccc(NC(=O)C=Cc3ccc(S(C)(=O)=O)cc3)cc2)C1. The molecule has 0 bridgehead atoms. The largest absolute Gasteiger partial charge is 0.370 e. The van der Waals surface area contributed by atoms with Gasteiger partial charge in [0.05, 0.1) is 4.90 Å². The molecule has 2 aromatic carbocycles. The van der Waals surface area contributed by atoms with Crippen LogP contribution in [0.1, 0.15) is 12.0 Å². The minimum atomic E-state index is -3.22. The fourth-order valence-corrected chi connectivity index (χ4v) is 3.97. The molecule has 1 aliphatic rings.